The van der Waals surface area contributed by atoms with Crippen LogP contribution in [-0.4, -0.2) is 28.5 Å². The van der Waals surface area contributed by atoms with Gasteiger partial charge < -0.3 is 10.6 Å². The molecule has 0 radical (unpaired) electrons. The molecule has 0 saturated heterocycles. The summed E-state index contributed by atoms with van der Waals surface area (Å²) < 4.78 is 0. The fraction of sp³-hybridized carbons (Fsp3) is 0.667. The molecule has 20 heavy (non-hydrogen) atoms. The lowest BCUT2D eigenvalue weighted by Crippen LogP contribution is -2.36. The number of amides is 1. The zero-order valence-corrected chi connectivity index (χ0v) is 12.4. The van der Waals surface area contributed by atoms with E-state index in [1.54, 1.807) is 12.3 Å². The molecular weight excluding hydrogens is 252 g/mol. The Morgan fingerprint density at radius 2 is 2.10 bits per heavy atom. The molecule has 1 aromatic rings. The highest BCUT2D eigenvalue weighted by Gasteiger charge is 2.17. The van der Waals surface area contributed by atoms with Gasteiger partial charge in [-0.2, -0.15) is 0 Å². The van der Waals surface area contributed by atoms with Crippen LogP contribution in [0.25, 0.3) is 0 Å². The summed E-state index contributed by atoms with van der Waals surface area (Å²) in [6.07, 6.45) is 7.48. The van der Waals surface area contributed by atoms with Gasteiger partial charge in [-0.05, 0) is 24.8 Å². The molecule has 0 spiro atoms. The lowest BCUT2D eigenvalue weighted by atomic mass is 9.95. The maximum absolute atomic E-state index is 12.2. The topological polar surface area (TPSA) is 66.9 Å². The third kappa shape index (κ3) is 4.47. The number of hydrogen-bond acceptors (Lipinski definition) is 4. The molecule has 5 nitrogen and oxygen atoms in total. The first-order valence-electron chi connectivity index (χ1n) is 7.53. The third-order valence-electron chi connectivity index (χ3n) is 3.50. The Labute approximate surface area is 120 Å². The molecule has 0 aliphatic heterocycles. The quantitative estimate of drug-likeness (QED) is 0.867. The van der Waals surface area contributed by atoms with Crippen LogP contribution in [0.4, 0.5) is 5.95 Å². The molecule has 2 N–H and O–H groups in total. The first-order valence-corrected chi connectivity index (χ1v) is 7.53. The van der Waals surface area contributed by atoms with E-state index in [-0.39, 0.29) is 5.91 Å². The maximum Gasteiger partial charge on any atom is 0.270 e. The Balaban J connectivity index is 1.93. The van der Waals surface area contributed by atoms with Gasteiger partial charge in [-0.3, -0.25) is 4.79 Å². The second kappa shape index (κ2) is 7.22. The summed E-state index contributed by atoms with van der Waals surface area (Å²) in [6.45, 7) is 5.03. The number of anilines is 1. The van der Waals surface area contributed by atoms with Crippen molar-refractivity contribution in [3.63, 3.8) is 0 Å². The van der Waals surface area contributed by atoms with Crippen molar-refractivity contribution in [3.8, 4) is 0 Å². The van der Waals surface area contributed by atoms with Crippen molar-refractivity contribution in [1.82, 2.24) is 15.3 Å². The molecule has 1 fully saturated rings. The molecular formula is C15H24N4O. The number of rotatable bonds is 5. The average Bonchev–Trinajstić information content (AvgIpc) is 2.46. The molecule has 1 amide bonds. The van der Waals surface area contributed by atoms with Crippen LogP contribution in [0.5, 0.6) is 0 Å². The van der Waals surface area contributed by atoms with Gasteiger partial charge in [0.25, 0.3) is 5.91 Å². The van der Waals surface area contributed by atoms with Gasteiger partial charge in [0.05, 0.1) is 0 Å². The molecule has 0 aromatic carbocycles. The minimum Gasteiger partial charge on any atom is -0.354 e. The van der Waals surface area contributed by atoms with Gasteiger partial charge in [-0.15, -0.1) is 0 Å². The Morgan fingerprint density at radius 1 is 1.35 bits per heavy atom. The molecule has 2 rings (SSSR count). The molecule has 0 unspecified atom stereocenters. The van der Waals surface area contributed by atoms with E-state index in [1.807, 2.05) is 0 Å². The minimum absolute atomic E-state index is 0.0908. The van der Waals surface area contributed by atoms with Gasteiger partial charge in [0.2, 0.25) is 5.95 Å². The molecule has 5 heteroatoms. The Hall–Kier alpha value is -1.65. The Morgan fingerprint density at radius 3 is 2.80 bits per heavy atom. The van der Waals surface area contributed by atoms with Crippen molar-refractivity contribution in [2.45, 2.75) is 52.0 Å². The molecule has 0 bridgehead atoms. The van der Waals surface area contributed by atoms with Crippen molar-refractivity contribution < 1.29 is 4.79 Å². The van der Waals surface area contributed by atoms with E-state index in [4.69, 9.17) is 0 Å². The van der Waals surface area contributed by atoms with E-state index < -0.39 is 0 Å². The number of aromatic nitrogens is 2. The predicted octanol–water partition coefficient (Wildman–Crippen LogP) is 2.61. The SMILES string of the molecule is CC(C)CNc1nccc(C(=O)NC2CCCCC2)n1. The van der Waals surface area contributed by atoms with E-state index >= 15 is 0 Å². The van der Waals surface area contributed by atoms with E-state index in [0.717, 1.165) is 19.4 Å². The number of carbonyl (C=O) groups excluding carboxylic acids is 1. The van der Waals surface area contributed by atoms with Crippen LogP contribution < -0.4 is 10.6 Å². The van der Waals surface area contributed by atoms with Gasteiger partial charge >= 0.3 is 0 Å². The number of carbonyl (C=O) groups is 1. The summed E-state index contributed by atoms with van der Waals surface area (Å²) in [7, 11) is 0. The normalized spacial score (nSPS) is 16.1. The van der Waals surface area contributed by atoms with Crippen LogP contribution in [0.15, 0.2) is 12.3 Å². The predicted molar refractivity (Wildman–Crippen MR) is 79.7 cm³/mol. The van der Waals surface area contributed by atoms with Crippen LogP contribution in [0.1, 0.15) is 56.4 Å². The second-order valence-corrected chi connectivity index (χ2v) is 5.85. The zero-order valence-electron chi connectivity index (χ0n) is 12.4. The number of nitrogens with one attached hydrogen (secondary N) is 2. The largest absolute Gasteiger partial charge is 0.354 e. The fourth-order valence-corrected chi connectivity index (χ4v) is 2.37. The van der Waals surface area contributed by atoms with Gasteiger partial charge in [-0.1, -0.05) is 33.1 Å². The van der Waals surface area contributed by atoms with Crippen LogP contribution >= 0.6 is 0 Å². The number of nitrogens with zero attached hydrogens (tertiary/aromatic N) is 2. The Bertz CT molecular complexity index is 441. The highest BCUT2D eigenvalue weighted by molar-refractivity contribution is 5.92. The monoisotopic (exact) mass is 276 g/mol. The smallest absolute Gasteiger partial charge is 0.270 e. The average molecular weight is 276 g/mol. The van der Waals surface area contributed by atoms with Crippen LogP contribution in [0.2, 0.25) is 0 Å². The summed E-state index contributed by atoms with van der Waals surface area (Å²) in [5, 5.41) is 6.21. The molecule has 110 valence electrons. The van der Waals surface area contributed by atoms with Crippen molar-refractivity contribution in [2.24, 2.45) is 5.92 Å². The standard InChI is InChI=1S/C15H24N4O/c1-11(2)10-17-15-16-9-8-13(19-15)14(20)18-12-6-4-3-5-7-12/h8-9,11-12H,3-7,10H2,1-2H3,(H,18,20)(H,16,17,19). The van der Waals surface area contributed by atoms with Gasteiger partial charge in [0.15, 0.2) is 0 Å². The molecule has 1 saturated carbocycles. The second-order valence-electron chi connectivity index (χ2n) is 5.85. The molecule has 1 aliphatic carbocycles. The maximum atomic E-state index is 12.2. The van der Waals surface area contributed by atoms with Crippen molar-refractivity contribution in [2.75, 3.05) is 11.9 Å². The van der Waals surface area contributed by atoms with E-state index in [2.05, 4.69) is 34.4 Å². The van der Waals surface area contributed by atoms with Crippen LogP contribution in [0.3, 0.4) is 0 Å². The first-order chi connectivity index (χ1) is 9.65. The van der Waals surface area contributed by atoms with E-state index in [9.17, 15) is 4.79 Å². The highest BCUT2D eigenvalue weighted by atomic mass is 16.1. The molecule has 1 heterocycles. The molecule has 0 atom stereocenters. The van der Waals surface area contributed by atoms with Gasteiger partial charge in [-0.25, -0.2) is 9.97 Å². The van der Waals surface area contributed by atoms with Gasteiger partial charge in [0, 0.05) is 18.8 Å². The summed E-state index contributed by atoms with van der Waals surface area (Å²) in [6, 6.07) is 1.97. The van der Waals surface area contributed by atoms with Crippen LogP contribution in [-0.2, 0) is 0 Å². The highest BCUT2D eigenvalue weighted by Crippen LogP contribution is 2.17. The number of hydrogen-bond donors (Lipinski definition) is 2. The summed E-state index contributed by atoms with van der Waals surface area (Å²) in [5.74, 6) is 0.945. The minimum atomic E-state index is -0.0908. The lowest BCUT2D eigenvalue weighted by Gasteiger charge is -2.22. The fourth-order valence-electron chi connectivity index (χ4n) is 2.37. The zero-order chi connectivity index (χ0) is 14.4. The first kappa shape index (κ1) is 14.8. The van der Waals surface area contributed by atoms with Crippen molar-refractivity contribution in [3.05, 3.63) is 18.0 Å². The molecule has 1 aromatic heterocycles. The summed E-state index contributed by atoms with van der Waals surface area (Å²) in [5.41, 5.74) is 0.442. The summed E-state index contributed by atoms with van der Waals surface area (Å²) in [4.78, 5) is 20.6. The lowest BCUT2D eigenvalue weighted by molar-refractivity contribution is 0.0922. The van der Waals surface area contributed by atoms with Crippen molar-refractivity contribution >= 4 is 11.9 Å². The van der Waals surface area contributed by atoms with E-state index in [0.29, 0.717) is 23.6 Å². The van der Waals surface area contributed by atoms with Crippen LogP contribution in [0, 0.1) is 5.92 Å². The third-order valence-corrected chi connectivity index (χ3v) is 3.50. The Kier molecular flexibility index (Phi) is 5.32. The van der Waals surface area contributed by atoms with E-state index in [1.165, 1.54) is 19.3 Å². The van der Waals surface area contributed by atoms with Gasteiger partial charge in [0.1, 0.15) is 5.69 Å². The molecule has 1 aliphatic rings. The van der Waals surface area contributed by atoms with Crippen molar-refractivity contribution in [1.29, 1.82) is 0 Å². The summed E-state index contributed by atoms with van der Waals surface area (Å²) >= 11 is 0.